The number of hydrogen-bond acceptors (Lipinski definition) is 7. The summed E-state index contributed by atoms with van der Waals surface area (Å²) in [7, 11) is 1.92. The smallest absolute Gasteiger partial charge is 0.410 e. The van der Waals surface area contributed by atoms with Crippen LogP contribution in [0.3, 0.4) is 0 Å². The maximum absolute atomic E-state index is 12.7. The third kappa shape index (κ3) is 5.53. The Morgan fingerprint density at radius 2 is 1.85 bits per heavy atom. The van der Waals surface area contributed by atoms with Gasteiger partial charge < -0.3 is 19.3 Å². The quantitative estimate of drug-likeness (QED) is 0.336. The molecule has 0 aliphatic carbocycles. The Balaban J connectivity index is 1.56. The van der Waals surface area contributed by atoms with Crippen molar-refractivity contribution in [2.24, 2.45) is 7.05 Å². The maximum atomic E-state index is 12.7. The molecular formula is C30H36N6O3. The summed E-state index contributed by atoms with van der Waals surface area (Å²) in [5.74, 6) is 0.765. The molecule has 1 saturated heterocycles. The highest BCUT2D eigenvalue weighted by Gasteiger charge is 2.31. The number of carbonyl (C=O) groups is 1. The molecular weight excluding hydrogens is 492 g/mol. The van der Waals surface area contributed by atoms with Gasteiger partial charge in [0.2, 0.25) is 0 Å². The topological polar surface area (TPSA) is 85.6 Å². The standard InChI is InChI=1S/C30H36N6O3/c1-7-38-26-16-24-22(15-25(26)36-14-13-35(17-20(36)2)29(37)39-30(3,4)5)28(32-19-31-24)23-18-34(6)33-27(23)21-11-9-8-10-12-21/h8-12,15-16,18-20H,7,13-14,17H2,1-6H3/t20-/m0/s1. The van der Waals surface area contributed by atoms with Crippen molar-refractivity contribution in [2.75, 3.05) is 31.1 Å². The van der Waals surface area contributed by atoms with Gasteiger partial charge in [-0.1, -0.05) is 30.3 Å². The number of carbonyl (C=O) groups excluding carboxylic acids is 1. The first-order valence-electron chi connectivity index (χ1n) is 13.4. The predicted molar refractivity (Wildman–Crippen MR) is 153 cm³/mol. The normalized spacial score (nSPS) is 16.0. The van der Waals surface area contributed by atoms with Crippen molar-refractivity contribution in [3.8, 4) is 28.3 Å². The summed E-state index contributed by atoms with van der Waals surface area (Å²) in [6, 6.07) is 14.3. The maximum Gasteiger partial charge on any atom is 0.410 e. The van der Waals surface area contributed by atoms with Gasteiger partial charge >= 0.3 is 6.09 Å². The van der Waals surface area contributed by atoms with Crippen LogP contribution in [-0.4, -0.2) is 68.6 Å². The molecule has 0 saturated carbocycles. The van der Waals surface area contributed by atoms with Crippen molar-refractivity contribution in [2.45, 2.75) is 46.3 Å². The molecule has 9 heteroatoms. The van der Waals surface area contributed by atoms with Gasteiger partial charge in [0.1, 0.15) is 23.4 Å². The third-order valence-electron chi connectivity index (χ3n) is 6.74. The van der Waals surface area contributed by atoms with Crippen LogP contribution in [0.15, 0.2) is 55.0 Å². The molecule has 1 atom stereocenters. The van der Waals surface area contributed by atoms with Crippen molar-refractivity contribution < 1.29 is 14.3 Å². The van der Waals surface area contributed by atoms with E-state index in [1.165, 1.54) is 0 Å². The SMILES string of the molecule is CCOc1cc2ncnc(-c3cn(C)nc3-c3ccccc3)c2cc1N1CCN(C(=O)OC(C)(C)C)C[C@@H]1C. The molecule has 2 aromatic carbocycles. The lowest BCUT2D eigenvalue weighted by atomic mass is 10.0. The Labute approximate surface area is 229 Å². The zero-order valence-corrected chi connectivity index (χ0v) is 23.5. The number of ether oxygens (including phenoxy) is 2. The number of aromatic nitrogens is 4. The summed E-state index contributed by atoms with van der Waals surface area (Å²) in [5.41, 5.74) is 4.88. The van der Waals surface area contributed by atoms with Crippen molar-refractivity contribution >= 4 is 22.7 Å². The number of piperazine rings is 1. The van der Waals surface area contributed by atoms with E-state index in [9.17, 15) is 4.79 Å². The lowest BCUT2D eigenvalue weighted by Crippen LogP contribution is -2.54. The molecule has 3 heterocycles. The van der Waals surface area contributed by atoms with Gasteiger partial charge in [0.05, 0.1) is 23.5 Å². The Bertz CT molecular complexity index is 1480. The van der Waals surface area contributed by atoms with E-state index >= 15 is 0 Å². The summed E-state index contributed by atoms with van der Waals surface area (Å²) in [5, 5.41) is 5.68. The van der Waals surface area contributed by atoms with Crippen molar-refractivity contribution in [3.63, 3.8) is 0 Å². The zero-order chi connectivity index (χ0) is 27.7. The summed E-state index contributed by atoms with van der Waals surface area (Å²) in [6.45, 7) is 12.1. The molecule has 0 spiro atoms. The van der Waals surface area contributed by atoms with Crippen LogP contribution in [0.2, 0.25) is 0 Å². The molecule has 0 bridgehead atoms. The fourth-order valence-corrected chi connectivity index (χ4v) is 5.06. The van der Waals surface area contributed by atoms with Gasteiger partial charge in [-0.2, -0.15) is 5.10 Å². The van der Waals surface area contributed by atoms with Gasteiger partial charge in [-0.25, -0.2) is 14.8 Å². The lowest BCUT2D eigenvalue weighted by molar-refractivity contribution is 0.0218. The molecule has 39 heavy (non-hydrogen) atoms. The second-order valence-corrected chi connectivity index (χ2v) is 10.9. The molecule has 1 aliphatic heterocycles. The average molecular weight is 529 g/mol. The molecule has 1 fully saturated rings. The van der Waals surface area contributed by atoms with Crippen molar-refractivity contribution in [1.82, 2.24) is 24.6 Å². The van der Waals surface area contributed by atoms with E-state index in [-0.39, 0.29) is 12.1 Å². The molecule has 1 aliphatic rings. The van der Waals surface area contributed by atoms with Crippen LogP contribution in [0.25, 0.3) is 33.4 Å². The van der Waals surface area contributed by atoms with E-state index in [1.54, 1.807) is 11.2 Å². The Kier molecular flexibility index (Phi) is 7.16. The van der Waals surface area contributed by atoms with Crippen LogP contribution in [0, 0.1) is 0 Å². The number of fused-ring (bicyclic) bond motifs is 1. The van der Waals surface area contributed by atoms with E-state index < -0.39 is 5.60 Å². The number of benzene rings is 2. The fourth-order valence-electron chi connectivity index (χ4n) is 5.06. The molecule has 9 nitrogen and oxygen atoms in total. The van der Waals surface area contributed by atoms with Gasteiger partial charge in [-0.3, -0.25) is 4.68 Å². The van der Waals surface area contributed by atoms with Crippen molar-refractivity contribution in [3.05, 3.63) is 55.0 Å². The number of rotatable bonds is 5. The van der Waals surface area contributed by atoms with E-state index in [0.29, 0.717) is 26.2 Å². The monoisotopic (exact) mass is 528 g/mol. The first-order valence-corrected chi connectivity index (χ1v) is 13.4. The minimum absolute atomic E-state index is 0.0503. The van der Waals surface area contributed by atoms with Crippen LogP contribution in [0.5, 0.6) is 5.75 Å². The summed E-state index contributed by atoms with van der Waals surface area (Å²) >= 11 is 0. The number of amides is 1. The van der Waals surface area contributed by atoms with Gasteiger partial charge in [0.25, 0.3) is 0 Å². The fraction of sp³-hybridized carbons (Fsp3) is 0.400. The van der Waals surface area contributed by atoms with Gasteiger partial charge in [-0.05, 0) is 40.7 Å². The molecule has 4 aromatic rings. The number of anilines is 1. The van der Waals surface area contributed by atoms with E-state index in [0.717, 1.165) is 44.9 Å². The lowest BCUT2D eigenvalue weighted by Gasteiger charge is -2.42. The average Bonchev–Trinajstić information content (AvgIpc) is 3.29. The second-order valence-electron chi connectivity index (χ2n) is 10.9. The zero-order valence-electron chi connectivity index (χ0n) is 23.5. The van der Waals surface area contributed by atoms with E-state index in [4.69, 9.17) is 19.6 Å². The van der Waals surface area contributed by atoms with Crippen molar-refractivity contribution in [1.29, 1.82) is 0 Å². The summed E-state index contributed by atoms with van der Waals surface area (Å²) in [4.78, 5) is 26.1. The third-order valence-corrected chi connectivity index (χ3v) is 6.74. The van der Waals surface area contributed by atoms with Crippen LogP contribution < -0.4 is 9.64 Å². The minimum atomic E-state index is -0.529. The van der Waals surface area contributed by atoms with Gasteiger partial charge in [0.15, 0.2) is 0 Å². The van der Waals surface area contributed by atoms with Crippen LogP contribution in [0.1, 0.15) is 34.6 Å². The molecule has 1 amide bonds. The Morgan fingerprint density at radius 3 is 2.54 bits per heavy atom. The number of nitrogens with zero attached hydrogens (tertiary/aromatic N) is 6. The Morgan fingerprint density at radius 1 is 1.08 bits per heavy atom. The highest BCUT2D eigenvalue weighted by Crippen LogP contribution is 2.39. The van der Waals surface area contributed by atoms with Gasteiger partial charge in [-0.15, -0.1) is 0 Å². The van der Waals surface area contributed by atoms with E-state index in [1.807, 2.05) is 69.9 Å². The molecule has 2 aromatic heterocycles. The Hall–Kier alpha value is -4.14. The molecule has 5 rings (SSSR count). The highest BCUT2D eigenvalue weighted by atomic mass is 16.6. The molecule has 204 valence electrons. The number of aryl methyl sites for hydroxylation is 1. The molecule has 0 unspecified atom stereocenters. The summed E-state index contributed by atoms with van der Waals surface area (Å²) < 4.78 is 13.5. The van der Waals surface area contributed by atoms with Crippen LogP contribution >= 0.6 is 0 Å². The highest BCUT2D eigenvalue weighted by molar-refractivity contribution is 5.98. The largest absolute Gasteiger partial charge is 0.492 e. The van der Waals surface area contributed by atoms with E-state index in [2.05, 4.69) is 35.0 Å². The van der Waals surface area contributed by atoms with Gasteiger partial charge in [0, 0.05) is 61.5 Å². The van der Waals surface area contributed by atoms with Crippen LogP contribution in [0.4, 0.5) is 10.5 Å². The predicted octanol–water partition coefficient (Wildman–Crippen LogP) is 5.54. The molecule has 0 N–H and O–H groups in total. The minimum Gasteiger partial charge on any atom is -0.492 e. The summed E-state index contributed by atoms with van der Waals surface area (Å²) in [6.07, 6.45) is 3.32. The number of hydrogen-bond donors (Lipinski definition) is 0. The molecule has 0 radical (unpaired) electrons. The first kappa shape index (κ1) is 26.5. The van der Waals surface area contributed by atoms with Crippen LogP contribution in [-0.2, 0) is 11.8 Å². The first-order chi connectivity index (χ1) is 18.6. The second kappa shape index (κ2) is 10.6.